The standard InChI is InChI=1S/C21H24N4O4/c1-2-24-16-8-4-5-9-17(16)25(21(24)29)14-11-19(27)22-12-13-23-20(28)15-7-3-6-10-18(15)26/h3-10,26H,2,11-14H2,1H3,(H,22,27)(H,23,28). The van der Waals surface area contributed by atoms with Gasteiger partial charge in [0.25, 0.3) is 5.91 Å². The molecule has 3 N–H and O–H groups in total. The van der Waals surface area contributed by atoms with Crippen LogP contribution >= 0.6 is 0 Å². The largest absolute Gasteiger partial charge is 0.507 e. The molecule has 0 radical (unpaired) electrons. The number of hydrogen-bond donors (Lipinski definition) is 3. The number of fused-ring (bicyclic) bond motifs is 1. The van der Waals surface area contributed by atoms with Gasteiger partial charge in [0.05, 0.1) is 16.6 Å². The number of nitrogens with one attached hydrogen (secondary N) is 2. The number of phenols is 1. The first-order chi connectivity index (χ1) is 14.0. The normalized spacial score (nSPS) is 10.8. The van der Waals surface area contributed by atoms with E-state index in [1.54, 1.807) is 21.3 Å². The van der Waals surface area contributed by atoms with Gasteiger partial charge in [0.15, 0.2) is 0 Å². The van der Waals surface area contributed by atoms with E-state index in [1.165, 1.54) is 12.1 Å². The number of para-hydroxylation sites is 3. The number of aromatic hydroxyl groups is 1. The summed E-state index contributed by atoms with van der Waals surface area (Å²) in [4.78, 5) is 36.7. The molecule has 3 rings (SSSR count). The second kappa shape index (κ2) is 9.09. The summed E-state index contributed by atoms with van der Waals surface area (Å²) in [6, 6.07) is 13.8. The second-order valence-corrected chi connectivity index (χ2v) is 6.54. The third kappa shape index (κ3) is 4.48. The van der Waals surface area contributed by atoms with E-state index in [0.717, 1.165) is 11.0 Å². The van der Waals surface area contributed by atoms with Gasteiger partial charge in [0.2, 0.25) is 5.91 Å². The Balaban J connectivity index is 1.49. The summed E-state index contributed by atoms with van der Waals surface area (Å²) in [7, 11) is 0. The Bertz CT molecular complexity index is 1080. The molecule has 3 aromatic rings. The number of amides is 2. The molecule has 2 amide bonds. The number of phenolic OH excluding ortho intramolecular Hbond substituents is 1. The van der Waals surface area contributed by atoms with E-state index in [-0.39, 0.29) is 49.0 Å². The molecule has 0 spiro atoms. The van der Waals surface area contributed by atoms with Crippen molar-refractivity contribution in [1.82, 2.24) is 19.8 Å². The van der Waals surface area contributed by atoms with Crippen LogP contribution in [-0.4, -0.2) is 39.1 Å². The van der Waals surface area contributed by atoms with Crippen molar-refractivity contribution >= 4 is 22.8 Å². The molecule has 0 aliphatic rings. The van der Waals surface area contributed by atoms with Crippen LogP contribution in [-0.2, 0) is 17.9 Å². The summed E-state index contributed by atoms with van der Waals surface area (Å²) in [6.07, 6.45) is 0.158. The van der Waals surface area contributed by atoms with E-state index < -0.39 is 5.91 Å². The molecule has 0 aliphatic heterocycles. The first-order valence-corrected chi connectivity index (χ1v) is 9.54. The van der Waals surface area contributed by atoms with Gasteiger partial charge < -0.3 is 15.7 Å². The minimum Gasteiger partial charge on any atom is -0.507 e. The first-order valence-electron chi connectivity index (χ1n) is 9.54. The number of hydrogen-bond acceptors (Lipinski definition) is 4. The third-order valence-electron chi connectivity index (χ3n) is 4.69. The van der Waals surface area contributed by atoms with Crippen LogP contribution in [0.15, 0.2) is 53.3 Å². The smallest absolute Gasteiger partial charge is 0.329 e. The number of rotatable bonds is 8. The Morgan fingerprint density at radius 2 is 1.55 bits per heavy atom. The van der Waals surface area contributed by atoms with Gasteiger partial charge in [0, 0.05) is 32.6 Å². The summed E-state index contributed by atoms with van der Waals surface area (Å²) in [5.41, 5.74) is 1.72. The highest BCUT2D eigenvalue weighted by Gasteiger charge is 2.13. The third-order valence-corrected chi connectivity index (χ3v) is 4.69. The highest BCUT2D eigenvalue weighted by atomic mass is 16.3. The molecular formula is C21H24N4O4. The van der Waals surface area contributed by atoms with Gasteiger partial charge in [-0.3, -0.25) is 18.7 Å². The Hall–Kier alpha value is -3.55. The molecule has 0 fully saturated rings. The van der Waals surface area contributed by atoms with Crippen molar-refractivity contribution in [3.8, 4) is 5.75 Å². The predicted octanol–water partition coefficient (Wildman–Crippen LogP) is 1.46. The number of aromatic nitrogens is 2. The molecular weight excluding hydrogens is 372 g/mol. The summed E-state index contributed by atoms with van der Waals surface area (Å²) in [5, 5.41) is 15.0. The number of nitrogens with zero attached hydrogens (tertiary/aromatic N) is 2. The Morgan fingerprint density at radius 3 is 2.24 bits per heavy atom. The zero-order valence-electron chi connectivity index (χ0n) is 16.2. The molecule has 0 bridgehead atoms. The zero-order valence-corrected chi connectivity index (χ0v) is 16.2. The van der Waals surface area contributed by atoms with Crippen molar-refractivity contribution < 1.29 is 14.7 Å². The number of carbonyl (C=O) groups excluding carboxylic acids is 2. The minimum absolute atomic E-state index is 0.0919. The van der Waals surface area contributed by atoms with Crippen molar-refractivity contribution in [3.63, 3.8) is 0 Å². The van der Waals surface area contributed by atoms with Crippen LogP contribution in [0, 0.1) is 0 Å². The maximum absolute atomic E-state index is 12.6. The maximum atomic E-state index is 12.6. The fourth-order valence-corrected chi connectivity index (χ4v) is 3.23. The molecule has 29 heavy (non-hydrogen) atoms. The number of carbonyl (C=O) groups is 2. The van der Waals surface area contributed by atoms with E-state index in [2.05, 4.69) is 10.6 Å². The molecule has 152 valence electrons. The second-order valence-electron chi connectivity index (χ2n) is 6.54. The number of aryl methyl sites for hydroxylation is 2. The van der Waals surface area contributed by atoms with E-state index in [4.69, 9.17) is 0 Å². The lowest BCUT2D eigenvalue weighted by atomic mass is 10.2. The van der Waals surface area contributed by atoms with E-state index >= 15 is 0 Å². The van der Waals surface area contributed by atoms with E-state index in [9.17, 15) is 19.5 Å². The van der Waals surface area contributed by atoms with Crippen LogP contribution in [0.25, 0.3) is 11.0 Å². The van der Waals surface area contributed by atoms with Crippen LogP contribution in [0.3, 0.4) is 0 Å². The fourth-order valence-electron chi connectivity index (χ4n) is 3.23. The Morgan fingerprint density at radius 1 is 0.931 bits per heavy atom. The summed E-state index contributed by atoms with van der Waals surface area (Å²) in [6.45, 7) is 3.24. The Kier molecular flexibility index (Phi) is 6.33. The van der Waals surface area contributed by atoms with Gasteiger partial charge in [0.1, 0.15) is 5.75 Å². The molecule has 0 aliphatic carbocycles. The van der Waals surface area contributed by atoms with Crippen LogP contribution in [0.1, 0.15) is 23.7 Å². The molecule has 8 nitrogen and oxygen atoms in total. The topological polar surface area (TPSA) is 105 Å². The molecule has 0 atom stereocenters. The highest BCUT2D eigenvalue weighted by Crippen LogP contribution is 2.15. The highest BCUT2D eigenvalue weighted by molar-refractivity contribution is 5.96. The van der Waals surface area contributed by atoms with Crippen molar-refractivity contribution in [2.24, 2.45) is 0 Å². The maximum Gasteiger partial charge on any atom is 0.329 e. The molecule has 8 heteroatoms. The van der Waals surface area contributed by atoms with Crippen LogP contribution in [0.5, 0.6) is 5.75 Å². The molecule has 0 unspecified atom stereocenters. The van der Waals surface area contributed by atoms with Crippen LogP contribution < -0.4 is 16.3 Å². The van der Waals surface area contributed by atoms with E-state index in [0.29, 0.717) is 6.54 Å². The summed E-state index contributed by atoms with van der Waals surface area (Å²) < 4.78 is 3.29. The fraction of sp³-hybridized carbons (Fsp3) is 0.286. The van der Waals surface area contributed by atoms with Crippen LogP contribution in [0.2, 0.25) is 0 Å². The number of benzene rings is 2. The van der Waals surface area contributed by atoms with Gasteiger partial charge >= 0.3 is 5.69 Å². The van der Waals surface area contributed by atoms with Gasteiger partial charge in [-0.05, 0) is 31.2 Å². The Labute approximate surface area is 167 Å². The average molecular weight is 396 g/mol. The molecule has 0 saturated carbocycles. The summed E-state index contributed by atoms with van der Waals surface area (Å²) >= 11 is 0. The first kappa shape index (κ1) is 20.2. The quantitative estimate of drug-likeness (QED) is 0.501. The van der Waals surface area contributed by atoms with Crippen LogP contribution in [0.4, 0.5) is 0 Å². The van der Waals surface area contributed by atoms with Crippen molar-refractivity contribution in [3.05, 3.63) is 64.6 Å². The summed E-state index contributed by atoms with van der Waals surface area (Å²) in [5.74, 6) is -0.705. The lowest BCUT2D eigenvalue weighted by Crippen LogP contribution is -2.35. The van der Waals surface area contributed by atoms with Gasteiger partial charge in [-0.1, -0.05) is 24.3 Å². The van der Waals surface area contributed by atoms with Gasteiger partial charge in [-0.2, -0.15) is 0 Å². The number of imidazole rings is 1. The van der Waals surface area contributed by atoms with Gasteiger partial charge in [-0.25, -0.2) is 4.79 Å². The van der Waals surface area contributed by atoms with Crippen molar-refractivity contribution in [2.45, 2.75) is 26.4 Å². The van der Waals surface area contributed by atoms with Gasteiger partial charge in [-0.15, -0.1) is 0 Å². The monoisotopic (exact) mass is 396 g/mol. The van der Waals surface area contributed by atoms with Crippen molar-refractivity contribution in [1.29, 1.82) is 0 Å². The average Bonchev–Trinajstić information content (AvgIpc) is 3.00. The minimum atomic E-state index is -0.406. The SMILES string of the molecule is CCn1c(=O)n(CCC(=O)NCCNC(=O)c2ccccc2O)c2ccccc21. The molecule has 0 saturated heterocycles. The zero-order chi connectivity index (χ0) is 20.8. The van der Waals surface area contributed by atoms with E-state index in [1.807, 2.05) is 31.2 Å². The molecule has 1 aromatic heterocycles. The predicted molar refractivity (Wildman–Crippen MR) is 110 cm³/mol. The lowest BCUT2D eigenvalue weighted by molar-refractivity contribution is -0.121. The molecule has 1 heterocycles. The molecule has 2 aromatic carbocycles. The lowest BCUT2D eigenvalue weighted by Gasteiger charge is -2.08. The van der Waals surface area contributed by atoms with Crippen molar-refractivity contribution in [2.75, 3.05) is 13.1 Å².